The minimum atomic E-state index is -1.19. The van der Waals surface area contributed by atoms with E-state index >= 15 is 0 Å². The maximum Gasteiger partial charge on any atom is 0.245 e. The molecule has 6 heteroatoms. The predicted octanol–water partition coefficient (Wildman–Crippen LogP) is 0.128. The van der Waals surface area contributed by atoms with Gasteiger partial charge < -0.3 is 21.1 Å². The molecule has 0 aromatic heterocycles. The van der Waals surface area contributed by atoms with Crippen LogP contribution in [0.3, 0.4) is 0 Å². The lowest BCUT2D eigenvalue weighted by molar-refractivity contribution is -0.131. The third-order valence-electron chi connectivity index (χ3n) is 3.19. The molecule has 0 radical (unpaired) electrons. The van der Waals surface area contributed by atoms with Crippen LogP contribution in [0.2, 0.25) is 0 Å². The lowest BCUT2D eigenvalue weighted by Gasteiger charge is -2.26. The molecule has 0 heterocycles. The minimum Gasteiger partial charge on any atom is -0.383 e. The Labute approximate surface area is 125 Å². The molecular weight excluding hydrogens is 270 g/mol. The fraction of sp³-hybridized carbons (Fsp3) is 0.467. The number of ether oxygens (including phenoxy) is 1. The van der Waals surface area contributed by atoms with Crippen molar-refractivity contribution in [2.45, 2.75) is 25.4 Å². The summed E-state index contributed by atoms with van der Waals surface area (Å²) in [5, 5.41) is 5.29. The number of amides is 2. The number of nitrogens with two attached hydrogens (primary N) is 1. The van der Waals surface area contributed by atoms with Crippen LogP contribution < -0.4 is 16.4 Å². The summed E-state index contributed by atoms with van der Waals surface area (Å²) in [7, 11) is 1.55. The summed E-state index contributed by atoms with van der Waals surface area (Å²) >= 11 is 0. The van der Waals surface area contributed by atoms with Crippen molar-refractivity contribution in [1.29, 1.82) is 0 Å². The van der Waals surface area contributed by atoms with E-state index in [2.05, 4.69) is 10.6 Å². The first-order valence-corrected chi connectivity index (χ1v) is 6.81. The lowest BCUT2D eigenvalue weighted by Crippen LogP contribution is -2.54. The topological polar surface area (TPSA) is 93.5 Å². The Morgan fingerprint density at radius 2 is 1.95 bits per heavy atom. The number of hydrogen-bond acceptors (Lipinski definition) is 4. The van der Waals surface area contributed by atoms with Crippen molar-refractivity contribution in [3.63, 3.8) is 0 Å². The lowest BCUT2D eigenvalue weighted by atomic mass is 9.92. The Bertz CT molecular complexity index is 474. The zero-order valence-electron chi connectivity index (χ0n) is 12.7. The molecule has 1 aromatic carbocycles. The van der Waals surface area contributed by atoms with Crippen molar-refractivity contribution < 1.29 is 14.3 Å². The Hall–Kier alpha value is -1.92. The summed E-state index contributed by atoms with van der Waals surface area (Å²) in [6, 6.07) is 8.37. The molecule has 2 amide bonds. The first kappa shape index (κ1) is 17.1. The molecule has 0 saturated carbocycles. The standard InChI is InChI=1S/C15H23N3O3/c1-11(13(19)17-9-10-21-3)18-14(20)15(2,16)12-7-5-4-6-8-12/h4-8,11H,9-10,16H2,1-3H3,(H,17,19)(H,18,20). The molecule has 1 aromatic rings. The highest BCUT2D eigenvalue weighted by atomic mass is 16.5. The number of hydrogen-bond donors (Lipinski definition) is 3. The smallest absolute Gasteiger partial charge is 0.245 e. The molecule has 2 atom stereocenters. The van der Waals surface area contributed by atoms with Crippen LogP contribution in [0, 0.1) is 0 Å². The van der Waals surface area contributed by atoms with Gasteiger partial charge in [0.25, 0.3) is 0 Å². The molecule has 1 rings (SSSR count). The average molecular weight is 293 g/mol. The number of methoxy groups -OCH3 is 1. The normalized spacial score (nSPS) is 14.9. The Kier molecular flexibility index (Phi) is 6.33. The molecule has 0 aliphatic rings. The van der Waals surface area contributed by atoms with Crippen molar-refractivity contribution in [1.82, 2.24) is 10.6 Å². The molecule has 4 N–H and O–H groups in total. The molecule has 0 saturated heterocycles. The molecule has 2 unspecified atom stereocenters. The van der Waals surface area contributed by atoms with Gasteiger partial charge in [-0.25, -0.2) is 0 Å². The molecular formula is C15H23N3O3. The summed E-state index contributed by atoms with van der Waals surface area (Å²) in [5.41, 5.74) is 5.59. The van der Waals surface area contributed by atoms with Crippen LogP contribution in [0.25, 0.3) is 0 Å². The monoisotopic (exact) mass is 293 g/mol. The van der Waals surface area contributed by atoms with Gasteiger partial charge >= 0.3 is 0 Å². The fourth-order valence-electron chi connectivity index (χ4n) is 1.76. The van der Waals surface area contributed by atoms with Crippen LogP contribution in [-0.2, 0) is 19.9 Å². The second-order valence-electron chi connectivity index (χ2n) is 5.05. The largest absolute Gasteiger partial charge is 0.383 e. The van der Waals surface area contributed by atoms with E-state index in [0.717, 1.165) is 0 Å². The van der Waals surface area contributed by atoms with Gasteiger partial charge in [-0.15, -0.1) is 0 Å². The molecule has 116 valence electrons. The van der Waals surface area contributed by atoms with Crippen LogP contribution in [0.5, 0.6) is 0 Å². The van der Waals surface area contributed by atoms with Gasteiger partial charge in [0.05, 0.1) is 6.61 Å². The number of carbonyl (C=O) groups excluding carboxylic acids is 2. The van der Waals surface area contributed by atoms with E-state index < -0.39 is 17.5 Å². The first-order valence-electron chi connectivity index (χ1n) is 6.81. The average Bonchev–Trinajstić information content (AvgIpc) is 2.48. The maximum absolute atomic E-state index is 12.3. The quantitative estimate of drug-likeness (QED) is 0.623. The zero-order valence-corrected chi connectivity index (χ0v) is 12.7. The van der Waals surface area contributed by atoms with Gasteiger partial charge in [0.15, 0.2) is 0 Å². The van der Waals surface area contributed by atoms with Crippen LogP contribution in [0.15, 0.2) is 30.3 Å². The highest BCUT2D eigenvalue weighted by Gasteiger charge is 2.32. The van der Waals surface area contributed by atoms with Crippen LogP contribution >= 0.6 is 0 Å². The highest BCUT2D eigenvalue weighted by Crippen LogP contribution is 2.17. The van der Waals surface area contributed by atoms with Gasteiger partial charge in [-0.3, -0.25) is 9.59 Å². The second-order valence-corrected chi connectivity index (χ2v) is 5.05. The van der Waals surface area contributed by atoms with E-state index in [1.807, 2.05) is 18.2 Å². The van der Waals surface area contributed by atoms with Gasteiger partial charge in [0.2, 0.25) is 11.8 Å². The van der Waals surface area contributed by atoms with Crippen LogP contribution in [-0.4, -0.2) is 38.1 Å². The zero-order chi connectivity index (χ0) is 15.9. The third kappa shape index (κ3) is 4.84. The van der Waals surface area contributed by atoms with Gasteiger partial charge in [0.1, 0.15) is 11.6 Å². The minimum absolute atomic E-state index is 0.274. The molecule has 6 nitrogen and oxygen atoms in total. The Morgan fingerprint density at radius 3 is 2.52 bits per heavy atom. The SMILES string of the molecule is COCCNC(=O)C(C)NC(=O)C(C)(N)c1ccccc1. The van der Waals surface area contributed by atoms with Crippen molar-refractivity contribution in [3.8, 4) is 0 Å². The molecule has 0 bridgehead atoms. The summed E-state index contributed by atoms with van der Waals surface area (Å²) in [6.07, 6.45) is 0. The highest BCUT2D eigenvalue weighted by molar-refractivity contribution is 5.92. The van der Waals surface area contributed by atoms with E-state index in [9.17, 15) is 9.59 Å². The number of carbonyl (C=O) groups is 2. The van der Waals surface area contributed by atoms with Crippen molar-refractivity contribution >= 4 is 11.8 Å². The number of benzene rings is 1. The second kappa shape index (κ2) is 7.75. The van der Waals surface area contributed by atoms with Crippen LogP contribution in [0.1, 0.15) is 19.4 Å². The van der Waals surface area contributed by atoms with Gasteiger partial charge in [-0.1, -0.05) is 30.3 Å². The van der Waals surface area contributed by atoms with Gasteiger partial charge in [-0.2, -0.15) is 0 Å². The molecule has 0 aliphatic heterocycles. The summed E-state index contributed by atoms with van der Waals surface area (Å²) in [6.45, 7) is 4.05. The van der Waals surface area contributed by atoms with Gasteiger partial charge in [-0.05, 0) is 19.4 Å². The van der Waals surface area contributed by atoms with E-state index in [1.54, 1.807) is 33.1 Å². The summed E-state index contributed by atoms with van der Waals surface area (Å²) < 4.78 is 4.84. The fourth-order valence-corrected chi connectivity index (χ4v) is 1.76. The summed E-state index contributed by atoms with van der Waals surface area (Å²) in [4.78, 5) is 24.1. The van der Waals surface area contributed by atoms with E-state index in [-0.39, 0.29) is 5.91 Å². The molecule has 0 aliphatic carbocycles. The van der Waals surface area contributed by atoms with E-state index in [0.29, 0.717) is 18.7 Å². The molecule has 0 spiro atoms. The van der Waals surface area contributed by atoms with Crippen molar-refractivity contribution in [2.24, 2.45) is 5.73 Å². The summed E-state index contributed by atoms with van der Waals surface area (Å²) in [5.74, 6) is -0.674. The maximum atomic E-state index is 12.3. The van der Waals surface area contributed by atoms with E-state index in [4.69, 9.17) is 10.5 Å². The van der Waals surface area contributed by atoms with Gasteiger partial charge in [0, 0.05) is 13.7 Å². The van der Waals surface area contributed by atoms with E-state index in [1.165, 1.54) is 0 Å². The molecule has 21 heavy (non-hydrogen) atoms. The third-order valence-corrected chi connectivity index (χ3v) is 3.19. The van der Waals surface area contributed by atoms with Crippen LogP contribution in [0.4, 0.5) is 0 Å². The number of nitrogens with one attached hydrogen (secondary N) is 2. The Morgan fingerprint density at radius 1 is 1.33 bits per heavy atom. The first-order chi connectivity index (χ1) is 9.89. The number of rotatable bonds is 7. The molecule has 0 fully saturated rings. The van der Waals surface area contributed by atoms with Crippen molar-refractivity contribution in [3.05, 3.63) is 35.9 Å². The Balaban J connectivity index is 2.61. The van der Waals surface area contributed by atoms with Crippen molar-refractivity contribution in [2.75, 3.05) is 20.3 Å². The predicted molar refractivity (Wildman–Crippen MR) is 80.5 cm³/mol.